The first-order valence-electron chi connectivity index (χ1n) is 10.3. The van der Waals surface area contributed by atoms with Crippen molar-refractivity contribution in [1.82, 2.24) is 23.8 Å². The fourth-order valence-electron chi connectivity index (χ4n) is 4.32. The number of aromatic nitrogens is 4. The number of β-amino-alcohol motifs (C(OH)–C–C–N with tert-alkyl or cyclic N) is 1. The quantitative estimate of drug-likeness (QED) is 0.648. The third kappa shape index (κ3) is 3.37. The number of benzene rings is 1. The third-order valence-electron chi connectivity index (χ3n) is 5.85. The smallest absolute Gasteiger partial charge is 0.254 e. The average molecular weight is 457 g/mol. The average Bonchev–Trinajstić information content (AvgIpc) is 3.45. The van der Waals surface area contributed by atoms with E-state index in [0.29, 0.717) is 46.8 Å². The van der Waals surface area contributed by atoms with Gasteiger partial charge in [-0.15, -0.1) is 0 Å². The molecule has 2 aliphatic rings. The first kappa shape index (κ1) is 20.7. The maximum Gasteiger partial charge on any atom is 0.254 e. The van der Waals surface area contributed by atoms with E-state index in [4.69, 9.17) is 4.98 Å². The van der Waals surface area contributed by atoms with Crippen molar-refractivity contribution in [3.63, 3.8) is 0 Å². The molecule has 1 fully saturated rings. The second-order valence-corrected chi connectivity index (χ2v) is 8.74. The number of aliphatic hydroxyl groups excluding tert-OH is 1. The molecule has 1 aromatic carbocycles. The van der Waals surface area contributed by atoms with Crippen LogP contribution in [0.5, 0.6) is 0 Å². The zero-order chi connectivity index (χ0) is 22.6. The lowest BCUT2D eigenvalue weighted by Crippen LogP contribution is -2.42. The Morgan fingerprint density at radius 3 is 2.59 bits per heavy atom. The highest BCUT2D eigenvalue weighted by Gasteiger charge is 2.39. The highest BCUT2D eigenvalue weighted by Crippen LogP contribution is 2.39. The predicted octanol–water partition coefficient (Wildman–Crippen LogP) is 2.16. The van der Waals surface area contributed by atoms with Gasteiger partial charge in [0.05, 0.1) is 30.8 Å². The molecule has 0 bridgehead atoms. The number of nitrogens with zero attached hydrogens (tertiary/aromatic N) is 6. The molecule has 2 atom stereocenters. The molecule has 9 nitrogen and oxygen atoms in total. The summed E-state index contributed by atoms with van der Waals surface area (Å²) in [6, 6.07) is 5.05. The highest BCUT2D eigenvalue weighted by molar-refractivity contribution is 7.09. The molecule has 166 valence electrons. The molecular weight excluding hydrogens is 435 g/mol. The van der Waals surface area contributed by atoms with Crippen LogP contribution < -0.4 is 4.90 Å². The molecule has 2 unspecified atom stereocenters. The van der Waals surface area contributed by atoms with E-state index in [0.717, 1.165) is 0 Å². The van der Waals surface area contributed by atoms with Crippen LogP contribution in [0.25, 0.3) is 10.8 Å². The number of rotatable bonds is 3. The Kier molecular flexibility index (Phi) is 5.01. The van der Waals surface area contributed by atoms with Crippen LogP contribution in [0.2, 0.25) is 0 Å². The van der Waals surface area contributed by atoms with E-state index in [1.165, 1.54) is 40.7 Å². The summed E-state index contributed by atoms with van der Waals surface area (Å²) in [6.07, 6.45) is -0.727. The molecule has 32 heavy (non-hydrogen) atoms. The van der Waals surface area contributed by atoms with Gasteiger partial charge in [-0.25, -0.2) is 14.4 Å². The molecule has 5 rings (SSSR count). The number of hydrogen-bond acceptors (Lipinski definition) is 7. The number of amides is 2. The molecule has 1 N–H and O–H groups in total. The second-order valence-electron chi connectivity index (χ2n) is 7.99. The van der Waals surface area contributed by atoms with E-state index in [9.17, 15) is 19.1 Å². The number of halogens is 1. The van der Waals surface area contributed by atoms with Gasteiger partial charge in [-0.05, 0) is 49.6 Å². The summed E-state index contributed by atoms with van der Waals surface area (Å²) in [4.78, 5) is 38.1. The first-order chi connectivity index (χ1) is 15.3. The normalized spacial score (nSPS) is 20.7. The summed E-state index contributed by atoms with van der Waals surface area (Å²) in [5, 5.41) is 10.7. The molecule has 3 aromatic rings. The number of anilines is 1. The van der Waals surface area contributed by atoms with Crippen molar-refractivity contribution in [3.05, 3.63) is 47.2 Å². The standard InChI is InChI=1S/C21H21FN6O3S/c1-11-17-18(28-10-15(29)9-16(28)30)24-19(20-23-12(2)25-32-20)27(17)8-7-26(11)21(31)13-3-5-14(22)6-4-13/h3-6,11,15,29H,7-10H2,1-2H3. The molecule has 0 spiro atoms. The lowest BCUT2D eigenvalue weighted by molar-refractivity contribution is -0.117. The van der Waals surface area contributed by atoms with Crippen LogP contribution in [0.15, 0.2) is 24.3 Å². The number of hydrogen-bond donors (Lipinski definition) is 1. The molecular formula is C21H21FN6O3S. The first-order valence-corrected chi connectivity index (χ1v) is 11.1. The van der Waals surface area contributed by atoms with Gasteiger partial charge < -0.3 is 14.6 Å². The van der Waals surface area contributed by atoms with Gasteiger partial charge in [0.1, 0.15) is 11.6 Å². The zero-order valence-electron chi connectivity index (χ0n) is 17.5. The number of aliphatic hydroxyl groups is 1. The van der Waals surface area contributed by atoms with Gasteiger partial charge >= 0.3 is 0 Å². The maximum absolute atomic E-state index is 13.3. The van der Waals surface area contributed by atoms with Crippen LogP contribution in [-0.2, 0) is 11.3 Å². The lowest BCUT2D eigenvalue weighted by atomic mass is 10.1. The van der Waals surface area contributed by atoms with E-state index in [2.05, 4.69) is 9.36 Å². The molecule has 2 amide bonds. The van der Waals surface area contributed by atoms with E-state index in [1.54, 1.807) is 11.8 Å². The largest absolute Gasteiger partial charge is 0.391 e. The van der Waals surface area contributed by atoms with Gasteiger partial charge in [0.25, 0.3) is 5.91 Å². The minimum absolute atomic E-state index is 0.0339. The van der Waals surface area contributed by atoms with Crippen molar-refractivity contribution in [2.45, 2.75) is 39.0 Å². The van der Waals surface area contributed by atoms with Gasteiger partial charge in [0, 0.05) is 18.7 Å². The Hall–Kier alpha value is -3.18. The van der Waals surface area contributed by atoms with Gasteiger partial charge in [-0.3, -0.25) is 14.5 Å². The van der Waals surface area contributed by atoms with E-state index < -0.39 is 18.0 Å². The van der Waals surface area contributed by atoms with Crippen LogP contribution in [0.3, 0.4) is 0 Å². The van der Waals surface area contributed by atoms with Crippen molar-refractivity contribution in [1.29, 1.82) is 0 Å². The zero-order valence-corrected chi connectivity index (χ0v) is 18.3. The van der Waals surface area contributed by atoms with E-state index in [1.807, 2.05) is 11.5 Å². The maximum atomic E-state index is 13.3. The van der Waals surface area contributed by atoms with E-state index >= 15 is 0 Å². The highest BCUT2D eigenvalue weighted by atomic mass is 32.1. The topological polar surface area (TPSA) is 104 Å². The monoisotopic (exact) mass is 456 g/mol. The van der Waals surface area contributed by atoms with Gasteiger partial charge in [-0.1, -0.05) is 0 Å². The Bertz CT molecular complexity index is 1210. The minimum Gasteiger partial charge on any atom is -0.391 e. The number of aryl methyl sites for hydroxylation is 1. The molecule has 0 aliphatic carbocycles. The van der Waals surface area contributed by atoms with Gasteiger partial charge in [-0.2, -0.15) is 4.37 Å². The molecule has 2 aromatic heterocycles. The number of carbonyl (C=O) groups is 2. The second kappa shape index (κ2) is 7.75. The summed E-state index contributed by atoms with van der Waals surface area (Å²) in [5.74, 6) is 0.809. The van der Waals surface area contributed by atoms with Gasteiger partial charge in [0.15, 0.2) is 16.6 Å². The number of fused-ring (bicyclic) bond motifs is 1. The van der Waals surface area contributed by atoms with Crippen molar-refractivity contribution in [2.24, 2.45) is 0 Å². The summed E-state index contributed by atoms with van der Waals surface area (Å²) in [6.45, 7) is 4.70. The third-order valence-corrected chi connectivity index (χ3v) is 6.65. The van der Waals surface area contributed by atoms with E-state index in [-0.39, 0.29) is 24.8 Å². The Morgan fingerprint density at radius 1 is 1.22 bits per heavy atom. The van der Waals surface area contributed by atoms with Crippen LogP contribution >= 0.6 is 11.5 Å². The Labute approximate surface area is 187 Å². The van der Waals surface area contributed by atoms with Crippen molar-refractivity contribution < 1.29 is 19.1 Å². The number of carbonyl (C=O) groups excluding carboxylic acids is 2. The predicted molar refractivity (Wildman–Crippen MR) is 115 cm³/mol. The Morgan fingerprint density at radius 2 is 1.97 bits per heavy atom. The van der Waals surface area contributed by atoms with Crippen molar-refractivity contribution in [2.75, 3.05) is 18.0 Å². The van der Waals surface area contributed by atoms with Crippen molar-refractivity contribution in [3.8, 4) is 10.8 Å². The number of imidazole rings is 1. The fraction of sp³-hybridized carbons (Fsp3) is 0.381. The van der Waals surface area contributed by atoms with Crippen LogP contribution in [-0.4, -0.2) is 59.9 Å². The molecule has 0 radical (unpaired) electrons. The lowest BCUT2D eigenvalue weighted by Gasteiger charge is -2.36. The van der Waals surface area contributed by atoms with Crippen LogP contribution in [0.4, 0.5) is 10.2 Å². The summed E-state index contributed by atoms with van der Waals surface area (Å²) in [5.41, 5.74) is 1.09. The molecule has 11 heteroatoms. The van der Waals surface area contributed by atoms with Crippen molar-refractivity contribution >= 4 is 29.2 Å². The summed E-state index contributed by atoms with van der Waals surface area (Å²) < 4.78 is 19.5. The molecule has 1 saturated heterocycles. The summed E-state index contributed by atoms with van der Waals surface area (Å²) >= 11 is 1.23. The van der Waals surface area contributed by atoms with Crippen LogP contribution in [0.1, 0.15) is 41.3 Å². The SMILES string of the molecule is Cc1nsc(-c2nc(N3CC(O)CC3=O)c3n2CCN(C(=O)c2ccc(F)cc2)C3C)n1. The summed E-state index contributed by atoms with van der Waals surface area (Å²) in [7, 11) is 0. The van der Waals surface area contributed by atoms with Crippen LogP contribution in [0, 0.1) is 12.7 Å². The fourth-order valence-corrected chi connectivity index (χ4v) is 4.99. The minimum atomic E-state index is -0.761. The van der Waals surface area contributed by atoms with Gasteiger partial charge in [0.2, 0.25) is 5.91 Å². The molecule has 4 heterocycles. The molecule has 2 aliphatic heterocycles. The Balaban J connectivity index is 1.58. The molecule has 0 saturated carbocycles.